The Balaban J connectivity index is 1.37. The topological polar surface area (TPSA) is 73.4 Å². The molecule has 4 unspecified atom stereocenters. The second kappa shape index (κ2) is 8.74. The Morgan fingerprint density at radius 1 is 1.16 bits per heavy atom. The molecular weight excluding hydrogens is 420 g/mol. The summed E-state index contributed by atoms with van der Waals surface area (Å²) < 4.78 is 0. The molecule has 0 radical (unpaired) electrons. The van der Waals surface area contributed by atoms with Crippen LogP contribution < -0.4 is 0 Å². The first-order valence-electron chi connectivity index (χ1n) is 11.7. The number of aromatic amines is 1. The molecule has 0 bridgehead atoms. The lowest BCUT2D eigenvalue weighted by molar-refractivity contribution is -0.154. The van der Waals surface area contributed by atoms with Crippen molar-refractivity contribution in [2.24, 2.45) is 11.8 Å². The van der Waals surface area contributed by atoms with Crippen molar-refractivity contribution in [3.63, 3.8) is 0 Å². The molecule has 6 heteroatoms. The average Bonchev–Trinajstić information content (AvgIpc) is 3.47. The molecule has 32 heavy (non-hydrogen) atoms. The van der Waals surface area contributed by atoms with Gasteiger partial charge in [0.1, 0.15) is 0 Å². The van der Waals surface area contributed by atoms with Crippen LogP contribution in [0.3, 0.4) is 0 Å². The van der Waals surface area contributed by atoms with Crippen molar-refractivity contribution in [1.29, 1.82) is 0 Å². The number of hydrogen-bond donors (Lipinski definition) is 2. The summed E-state index contributed by atoms with van der Waals surface area (Å²) >= 11 is 1.73. The van der Waals surface area contributed by atoms with Crippen molar-refractivity contribution in [2.75, 3.05) is 0 Å². The van der Waals surface area contributed by atoms with Crippen LogP contribution in [-0.4, -0.2) is 39.0 Å². The number of nitrogens with one attached hydrogen (secondary N) is 1. The van der Waals surface area contributed by atoms with Gasteiger partial charge in [-0.05, 0) is 68.0 Å². The minimum absolute atomic E-state index is 0.0748. The molecule has 0 spiro atoms. The van der Waals surface area contributed by atoms with Gasteiger partial charge in [0.15, 0.2) is 0 Å². The quantitative estimate of drug-likeness (QED) is 0.523. The van der Waals surface area contributed by atoms with Gasteiger partial charge >= 0.3 is 5.97 Å². The van der Waals surface area contributed by atoms with Gasteiger partial charge in [0, 0.05) is 46.0 Å². The lowest BCUT2D eigenvalue weighted by atomic mass is 9.70. The summed E-state index contributed by atoms with van der Waals surface area (Å²) in [4.78, 5) is 31.9. The van der Waals surface area contributed by atoms with E-state index in [4.69, 9.17) is 0 Å². The summed E-state index contributed by atoms with van der Waals surface area (Å²) in [5, 5.41) is 13.0. The van der Waals surface area contributed by atoms with Gasteiger partial charge in [-0.2, -0.15) is 0 Å². The molecule has 1 amide bonds. The molecule has 2 fully saturated rings. The third-order valence-corrected chi connectivity index (χ3v) is 8.47. The largest absolute Gasteiger partial charge is 0.481 e. The number of carbonyl (C=O) groups excluding carboxylic acids is 1. The standard InChI is InChI=1S/C26H30N2O3S/c1-16-10-12-18-19(26(30)31)5-3-8-22(18)28(16)24(29)13-11-17-15-27-21-7-2-6-20(25(17)21)23-9-4-14-32-23/h2,4,6-7,9,14-16,18-19,22,27H,3,5,8,10-13H2,1H3,(H,30,31). The third kappa shape index (κ3) is 3.75. The number of carboxylic acid groups (broad SMARTS) is 1. The highest BCUT2D eigenvalue weighted by Gasteiger charge is 2.45. The highest BCUT2D eigenvalue weighted by Crippen LogP contribution is 2.42. The highest BCUT2D eigenvalue weighted by molar-refractivity contribution is 7.13. The van der Waals surface area contributed by atoms with E-state index in [1.54, 1.807) is 11.3 Å². The summed E-state index contributed by atoms with van der Waals surface area (Å²) in [5.74, 6) is -0.735. The van der Waals surface area contributed by atoms with Crippen molar-refractivity contribution in [3.8, 4) is 10.4 Å². The van der Waals surface area contributed by atoms with Crippen molar-refractivity contribution < 1.29 is 14.7 Å². The number of rotatable bonds is 5. The van der Waals surface area contributed by atoms with Crippen LogP contribution in [0.25, 0.3) is 21.3 Å². The second-order valence-corrected chi connectivity index (χ2v) is 10.3. The van der Waals surface area contributed by atoms with Gasteiger partial charge in [-0.3, -0.25) is 9.59 Å². The van der Waals surface area contributed by atoms with Crippen LogP contribution in [0, 0.1) is 11.8 Å². The van der Waals surface area contributed by atoms with Crippen LogP contribution >= 0.6 is 11.3 Å². The van der Waals surface area contributed by atoms with Crippen LogP contribution in [0.15, 0.2) is 41.9 Å². The number of amides is 1. The minimum Gasteiger partial charge on any atom is -0.481 e. The monoisotopic (exact) mass is 450 g/mol. The molecule has 1 saturated heterocycles. The zero-order valence-electron chi connectivity index (χ0n) is 18.4. The lowest BCUT2D eigenvalue weighted by Gasteiger charge is -2.49. The molecule has 1 aliphatic heterocycles. The van der Waals surface area contributed by atoms with Crippen molar-refractivity contribution >= 4 is 34.1 Å². The van der Waals surface area contributed by atoms with Gasteiger partial charge < -0.3 is 15.0 Å². The fourth-order valence-electron chi connectivity index (χ4n) is 6.08. The second-order valence-electron chi connectivity index (χ2n) is 9.35. The maximum Gasteiger partial charge on any atom is 0.306 e. The Morgan fingerprint density at radius 2 is 2.03 bits per heavy atom. The molecule has 3 aromatic rings. The molecule has 2 aliphatic rings. The number of hydrogen-bond acceptors (Lipinski definition) is 3. The number of likely N-dealkylation sites (tertiary alicyclic amines) is 1. The molecule has 1 saturated carbocycles. The number of thiophene rings is 1. The molecular formula is C26H30N2O3S. The smallest absolute Gasteiger partial charge is 0.306 e. The minimum atomic E-state index is -0.693. The number of carboxylic acids is 1. The highest BCUT2D eigenvalue weighted by atomic mass is 32.1. The van der Waals surface area contributed by atoms with Crippen LogP contribution in [0.5, 0.6) is 0 Å². The molecule has 5 rings (SSSR count). The van der Waals surface area contributed by atoms with E-state index in [0.29, 0.717) is 12.8 Å². The summed E-state index contributed by atoms with van der Waals surface area (Å²) in [6.45, 7) is 2.12. The number of nitrogens with zero attached hydrogens (tertiary/aromatic N) is 1. The Hall–Kier alpha value is -2.60. The number of aliphatic carboxylic acids is 1. The Bertz CT molecular complexity index is 1120. The third-order valence-electron chi connectivity index (χ3n) is 7.56. The van der Waals surface area contributed by atoms with E-state index in [1.807, 2.05) is 6.20 Å². The van der Waals surface area contributed by atoms with Gasteiger partial charge in [0.25, 0.3) is 0 Å². The molecule has 168 valence electrons. The van der Waals surface area contributed by atoms with Gasteiger partial charge in [0.2, 0.25) is 5.91 Å². The molecule has 1 aromatic carbocycles. The fraction of sp³-hybridized carbons (Fsp3) is 0.462. The zero-order chi connectivity index (χ0) is 22.2. The van der Waals surface area contributed by atoms with Crippen molar-refractivity contribution in [3.05, 3.63) is 47.5 Å². The van der Waals surface area contributed by atoms with E-state index in [0.717, 1.165) is 37.6 Å². The lowest BCUT2D eigenvalue weighted by Crippen LogP contribution is -2.56. The maximum absolute atomic E-state index is 13.5. The molecule has 5 nitrogen and oxygen atoms in total. The molecule has 4 atom stereocenters. The Morgan fingerprint density at radius 3 is 2.81 bits per heavy atom. The molecule has 2 aromatic heterocycles. The molecule has 3 heterocycles. The first-order valence-corrected chi connectivity index (χ1v) is 12.6. The van der Waals surface area contributed by atoms with E-state index in [1.165, 1.54) is 21.4 Å². The van der Waals surface area contributed by atoms with Crippen molar-refractivity contribution in [2.45, 2.75) is 64.0 Å². The number of benzene rings is 1. The predicted octanol–water partition coefficient (Wildman–Crippen LogP) is 5.71. The first kappa shape index (κ1) is 21.3. The summed E-state index contributed by atoms with van der Waals surface area (Å²) in [6, 6.07) is 10.8. The van der Waals surface area contributed by atoms with Crippen LogP contribution in [0.1, 0.15) is 51.0 Å². The number of aryl methyl sites for hydroxylation is 1. The Labute approximate surface area is 192 Å². The SMILES string of the molecule is CC1CCC2C(C(=O)O)CCCC2N1C(=O)CCc1c[nH]c2cccc(-c3cccs3)c12. The number of carbonyl (C=O) groups is 2. The summed E-state index contributed by atoms with van der Waals surface area (Å²) in [6.07, 6.45) is 7.56. The number of aromatic nitrogens is 1. The summed E-state index contributed by atoms with van der Waals surface area (Å²) in [5.41, 5.74) is 3.48. The van der Waals surface area contributed by atoms with E-state index in [-0.39, 0.29) is 29.8 Å². The fourth-order valence-corrected chi connectivity index (χ4v) is 6.84. The number of piperidine rings is 1. The van der Waals surface area contributed by atoms with E-state index >= 15 is 0 Å². The van der Waals surface area contributed by atoms with Gasteiger partial charge in [-0.25, -0.2) is 0 Å². The predicted molar refractivity (Wildman–Crippen MR) is 128 cm³/mol. The molecule has 1 aliphatic carbocycles. The van der Waals surface area contributed by atoms with E-state index in [2.05, 4.69) is 52.5 Å². The normalized spacial score (nSPS) is 25.6. The van der Waals surface area contributed by atoms with Gasteiger partial charge in [0.05, 0.1) is 5.92 Å². The Kier molecular flexibility index (Phi) is 5.80. The van der Waals surface area contributed by atoms with Crippen molar-refractivity contribution in [1.82, 2.24) is 9.88 Å². The van der Waals surface area contributed by atoms with E-state index in [9.17, 15) is 14.7 Å². The maximum atomic E-state index is 13.5. The number of fused-ring (bicyclic) bond motifs is 2. The average molecular weight is 451 g/mol. The van der Waals surface area contributed by atoms with Gasteiger partial charge in [-0.15, -0.1) is 11.3 Å². The van der Waals surface area contributed by atoms with Crippen LogP contribution in [-0.2, 0) is 16.0 Å². The zero-order valence-corrected chi connectivity index (χ0v) is 19.2. The van der Waals surface area contributed by atoms with E-state index < -0.39 is 5.97 Å². The molecule has 2 N–H and O–H groups in total. The van der Waals surface area contributed by atoms with Gasteiger partial charge in [-0.1, -0.05) is 24.6 Å². The van der Waals surface area contributed by atoms with Crippen LogP contribution in [0.2, 0.25) is 0 Å². The number of H-pyrrole nitrogens is 1. The summed E-state index contributed by atoms with van der Waals surface area (Å²) in [7, 11) is 0. The van der Waals surface area contributed by atoms with Crippen LogP contribution in [0.4, 0.5) is 0 Å². The first-order chi connectivity index (χ1) is 15.5.